The largest absolute Gasteiger partial charge is 0.497 e. The predicted molar refractivity (Wildman–Crippen MR) is 98.5 cm³/mol. The van der Waals surface area contributed by atoms with E-state index in [1.54, 1.807) is 26.4 Å². The zero-order valence-electron chi connectivity index (χ0n) is 14.6. The summed E-state index contributed by atoms with van der Waals surface area (Å²) in [5.41, 5.74) is 1.74. The molecule has 0 saturated carbocycles. The topological polar surface area (TPSA) is 79.1 Å². The van der Waals surface area contributed by atoms with Crippen molar-refractivity contribution < 1.29 is 14.3 Å². The average molecular weight is 370 g/mol. The lowest BCUT2D eigenvalue weighted by atomic mass is 10.2. The van der Waals surface area contributed by atoms with Gasteiger partial charge >= 0.3 is 5.97 Å². The number of benzene rings is 1. The van der Waals surface area contributed by atoms with Crippen LogP contribution in [-0.2, 0) is 9.53 Å². The molecule has 0 spiro atoms. The molecule has 3 aromatic rings. The number of hydrogen-bond acceptors (Lipinski definition) is 7. The zero-order valence-corrected chi connectivity index (χ0v) is 15.4. The maximum atomic E-state index is 11.8. The maximum absolute atomic E-state index is 11.8. The molecule has 0 saturated heterocycles. The Hall–Kier alpha value is -2.87. The van der Waals surface area contributed by atoms with Crippen molar-refractivity contribution in [3.63, 3.8) is 0 Å². The summed E-state index contributed by atoms with van der Waals surface area (Å²) < 4.78 is 11.9. The van der Waals surface area contributed by atoms with Crippen LogP contribution in [0.15, 0.2) is 53.9 Å². The van der Waals surface area contributed by atoms with Gasteiger partial charge in [0.05, 0.1) is 14.2 Å². The minimum absolute atomic E-state index is 0.315. The first-order valence-electron chi connectivity index (χ1n) is 7.88. The van der Waals surface area contributed by atoms with Gasteiger partial charge in [-0.05, 0) is 43.3 Å². The van der Waals surface area contributed by atoms with Gasteiger partial charge in [-0.15, -0.1) is 10.2 Å². The third-order valence-electron chi connectivity index (χ3n) is 3.72. The fraction of sp³-hybridized carbons (Fsp3) is 0.222. The molecular formula is C18H18N4O3S. The van der Waals surface area contributed by atoms with Crippen molar-refractivity contribution in [1.82, 2.24) is 19.7 Å². The third kappa shape index (κ3) is 3.70. The van der Waals surface area contributed by atoms with E-state index >= 15 is 0 Å². The number of carbonyl (C=O) groups is 1. The van der Waals surface area contributed by atoms with E-state index < -0.39 is 5.25 Å². The molecule has 26 heavy (non-hydrogen) atoms. The van der Waals surface area contributed by atoms with E-state index in [9.17, 15) is 4.79 Å². The van der Waals surface area contributed by atoms with Gasteiger partial charge in [-0.2, -0.15) is 0 Å². The van der Waals surface area contributed by atoms with Gasteiger partial charge < -0.3 is 9.47 Å². The van der Waals surface area contributed by atoms with E-state index in [1.807, 2.05) is 41.0 Å². The fourth-order valence-corrected chi connectivity index (χ4v) is 3.26. The standard InChI is InChI=1S/C18H18N4O3S/c1-12(17(23)25-3)26-18-21-20-16(13-8-10-19-11-9-13)22(18)14-4-6-15(24-2)7-5-14/h4-12H,1-3H3. The second-order valence-electron chi connectivity index (χ2n) is 5.36. The van der Waals surface area contributed by atoms with Crippen LogP contribution in [0, 0.1) is 0 Å². The lowest BCUT2D eigenvalue weighted by Crippen LogP contribution is -2.15. The van der Waals surface area contributed by atoms with Gasteiger partial charge in [0.2, 0.25) is 0 Å². The van der Waals surface area contributed by atoms with Crippen molar-refractivity contribution in [1.29, 1.82) is 0 Å². The molecule has 7 nitrogen and oxygen atoms in total. The van der Waals surface area contributed by atoms with Crippen molar-refractivity contribution >= 4 is 17.7 Å². The van der Waals surface area contributed by atoms with Crippen LogP contribution in [0.25, 0.3) is 17.1 Å². The summed E-state index contributed by atoms with van der Waals surface area (Å²) in [5.74, 6) is 1.10. The molecule has 2 heterocycles. The van der Waals surface area contributed by atoms with Crippen LogP contribution in [0.5, 0.6) is 5.75 Å². The lowest BCUT2D eigenvalue weighted by Gasteiger charge is -2.13. The maximum Gasteiger partial charge on any atom is 0.318 e. The van der Waals surface area contributed by atoms with E-state index in [-0.39, 0.29) is 5.97 Å². The van der Waals surface area contributed by atoms with Crippen LogP contribution in [0.1, 0.15) is 6.92 Å². The number of pyridine rings is 1. The summed E-state index contributed by atoms with van der Waals surface area (Å²) in [6, 6.07) is 11.3. The van der Waals surface area contributed by atoms with E-state index in [1.165, 1.54) is 18.9 Å². The number of rotatable bonds is 6. The first-order chi connectivity index (χ1) is 12.6. The lowest BCUT2D eigenvalue weighted by molar-refractivity contribution is -0.139. The van der Waals surface area contributed by atoms with Crippen LogP contribution in [0.4, 0.5) is 0 Å². The first kappa shape index (κ1) is 17.9. The Kier molecular flexibility index (Phi) is 5.52. The van der Waals surface area contributed by atoms with Crippen LogP contribution < -0.4 is 4.74 Å². The van der Waals surface area contributed by atoms with E-state index in [4.69, 9.17) is 9.47 Å². The van der Waals surface area contributed by atoms with Crippen molar-refractivity contribution in [2.45, 2.75) is 17.3 Å². The van der Waals surface area contributed by atoms with Gasteiger partial charge in [0, 0.05) is 23.6 Å². The number of esters is 1. The predicted octanol–water partition coefficient (Wildman–Crippen LogP) is 2.99. The van der Waals surface area contributed by atoms with Gasteiger partial charge in [0.1, 0.15) is 11.0 Å². The van der Waals surface area contributed by atoms with Crippen molar-refractivity contribution in [3.05, 3.63) is 48.8 Å². The van der Waals surface area contributed by atoms with E-state index in [2.05, 4.69) is 15.2 Å². The molecule has 0 N–H and O–H groups in total. The molecule has 1 atom stereocenters. The van der Waals surface area contributed by atoms with Crippen molar-refractivity contribution in [3.8, 4) is 22.8 Å². The smallest absolute Gasteiger partial charge is 0.318 e. The molecule has 1 unspecified atom stereocenters. The number of thioether (sulfide) groups is 1. The number of aromatic nitrogens is 4. The number of carbonyl (C=O) groups excluding carboxylic acids is 1. The quantitative estimate of drug-likeness (QED) is 0.487. The Labute approximate surface area is 155 Å². The van der Waals surface area contributed by atoms with Gasteiger partial charge in [-0.1, -0.05) is 11.8 Å². The first-order valence-corrected chi connectivity index (χ1v) is 8.76. The number of nitrogens with zero attached hydrogens (tertiary/aromatic N) is 4. The summed E-state index contributed by atoms with van der Waals surface area (Å²) in [6.07, 6.45) is 3.40. The molecule has 0 aliphatic rings. The van der Waals surface area contributed by atoms with Gasteiger partial charge in [0.15, 0.2) is 11.0 Å². The highest BCUT2D eigenvalue weighted by atomic mass is 32.2. The molecule has 1 aromatic carbocycles. The molecule has 2 aromatic heterocycles. The highest BCUT2D eigenvalue weighted by Gasteiger charge is 2.22. The van der Waals surface area contributed by atoms with Crippen LogP contribution in [0.3, 0.4) is 0 Å². The number of methoxy groups -OCH3 is 2. The van der Waals surface area contributed by atoms with Crippen LogP contribution in [-0.4, -0.2) is 45.2 Å². The van der Waals surface area contributed by atoms with Gasteiger partial charge in [0.25, 0.3) is 0 Å². The Balaban J connectivity index is 2.07. The Bertz CT molecular complexity index is 881. The Morgan fingerprint density at radius 2 is 1.77 bits per heavy atom. The molecule has 0 amide bonds. The highest BCUT2D eigenvalue weighted by molar-refractivity contribution is 8.00. The molecule has 0 radical (unpaired) electrons. The minimum atomic E-state index is -0.411. The molecular weight excluding hydrogens is 352 g/mol. The molecule has 0 fully saturated rings. The second kappa shape index (κ2) is 8.01. The fourth-order valence-electron chi connectivity index (χ4n) is 2.37. The summed E-state index contributed by atoms with van der Waals surface area (Å²) in [6.45, 7) is 1.77. The summed E-state index contributed by atoms with van der Waals surface area (Å²) >= 11 is 1.29. The van der Waals surface area contributed by atoms with Crippen molar-refractivity contribution in [2.75, 3.05) is 14.2 Å². The molecule has 0 bridgehead atoms. The number of hydrogen-bond donors (Lipinski definition) is 0. The van der Waals surface area contributed by atoms with Crippen molar-refractivity contribution in [2.24, 2.45) is 0 Å². The molecule has 134 valence electrons. The molecule has 0 aliphatic carbocycles. The highest BCUT2D eigenvalue weighted by Crippen LogP contribution is 2.30. The summed E-state index contributed by atoms with van der Waals surface area (Å²) in [5, 5.41) is 8.80. The Morgan fingerprint density at radius 1 is 1.08 bits per heavy atom. The summed E-state index contributed by atoms with van der Waals surface area (Å²) in [4.78, 5) is 15.8. The molecule has 3 rings (SSSR count). The number of ether oxygens (including phenoxy) is 2. The van der Waals surface area contributed by atoms with E-state index in [0.717, 1.165) is 17.0 Å². The van der Waals surface area contributed by atoms with E-state index in [0.29, 0.717) is 11.0 Å². The Morgan fingerprint density at radius 3 is 2.38 bits per heavy atom. The monoisotopic (exact) mass is 370 g/mol. The third-order valence-corrected chi connectivity index (χ3v) is 4.74. The van der Waals surface area contributed by atoms with Crippen LogP contribution >= 0.6 is 11.8 Å². The van der Waals surface area contributed by atoms with Gasteiger partial charge in [-0.25, -0.2) is 0 Å². The van der Waals surface area contributed by atoms with Crippen LogP contribution in [0.2, 0.25) is 0 Å². The molecule has 0 aliphatic heterocycles. The SMILES string of the molecule is COC(=O)C(C)Sc1nnc(-c2ccncc2)n1-c1ccc(OC)cc1. The zero-order chi connectivity index (χ0) is 18.5. The van der Waals surface area contributed by atoms with Gasteiger partial charge in [-0.3, -0.25) is 14.3 Å². The second-order valence-corrected chi connectivity index (χ2v) is 6.67. The minimum Gasteiger partial charge on any atom is -0.497 e. The normalized spacial score (nSPS) is 11.8. The average Bonchev–Trinajstić information content (AvgIpc) is 3.11. The molecule has 8 heteroatoms. The summed E-state index contributed by atoms with van der Waals surface area (Å²) in [7, 11) is 2.99.